The first-order valence-electron chi connectivity index (χ1n) is 6.85. The number of rotatable bonds is 4. The van der Waals surface area contributed by atoms with Crippen molar-refractivity contribution in [2.24, 2.45) is 5.92 Å². The molecule has 5 heteroatoms. The van der Waals surface area contributed by atoms with Crippen LogP contribution in [0.2, 0.25) is 0 Å². The number of nitrogens with one attached hydrogen (secondary N) is 1. The Morgan fingerprint density at radius 1 is 1.32 bits per heavy atom. The molecule has 1 aliphatic carbocycles. The topological polar surface area (TPSA) is 34.0 Å². The Morgan fingerprint density at radius 2 is 2.00 bits per heavy atom. The Labute approximate surface area is 131 Å². The summed E-state index contributed by atoms with van der Waals surface area (Å²) in [5.74, 6) is 0.877. The van der Waals surface area contributed by atoms with Gasteiger partial charge in [-0.05, 0) is 69.5 Å². The second-order valence-electron chi connectivity index (χ2n) is 5.42. The van der Waals surface area contributed by atoms with Gasteiger partial charge < -0.3 is 9.88 Å². The predicted molar refractivity (Wildman–Crippen MR) is 85.5 cm³/mol. The summed E-state index contributed by atoms with van der Waals surface area (Å²) in [7, 11) is 0. The molecule has 1 N–H and O–H groups in total. The van der Waals surface area contributed by atoms with E-state index >= 15 is 0 Å². The molecule has 0 spiro atoms. The van der Waals surface area contributed by atoms with Gasteiger partial charge in [-0.3, -0.25) is 4.79 Å². The van der Waals surface area contributed by atoms with Crippen LogP contribution in [-0.4, -0.2) is 17.2 Å². The molecule has 1 fully saturated rings. The molecule has 0 unspecified atom stereocenters. The molecule has 0 aliphatic heterocycles. The summed E-state index contributed by atoms with van der Waals surface area (Å²) in [5, 5.41) is 3.57. The third-order valence-corrected chi connectivity index (χ3v) is 4.81. The number of nitrogens with zero attached hydrogens (tertiary/aromatic N) is 1. The van der Waals surface area contributed by atoms with Crippen molar-refractivity contribution in [3.63, 3.8) is 0 Å². The number of aromatic nitrogens is 1. The lowest BCUT2D eigenvalue weighted by molar-refractivity contribution is 0.305. The molecule has 1 heterocycles. The molecule has 106 valence electrons. The van der Waals surface area contributed by atoms with Crippen molar-refractivity contribution in [3.05, 3.63) is 31.6 Å². The Balaban J connectivity index is 1.84. The lowest BCUT2D eigenvalue weighted by Gasteiger charge is -2.27. The minimum atomic E-state index is 0.0299. The van der Waals surface area contributed by atoms with Gasteiger partial charge in [-0.15, -0.1) is 0 Å². The third-order valence-electron chi connectivity index (χ3n) is 3.81. The summed E-state index contributed by atoms with van der Waals surface area (Å²) in [4.78, 5) is 11.9. The van der Waals surface area contributed by atoms with Crippen LogP contribution in [-0.2, 0) is 6.54 Å². The van der Waals surface area contributed by atoms with Gasteiger partial charge in [0.05, 0.1) is 4.47 Å². The fourth-order valence-corrected chi connectivity index (χ4v) is 3.84. The van der Waals surface area contributed by atoms with Crippen LogP contribution in [0.4, 0.5) is 0 Å². The van der Waals surface area contributed by atoms with Crippen molar-refractivity contribution < 1.29 is 0 Å². The number of hydrogen-bond donors (Lipinski definition) is 1. The van der Waals surface area contributed by atoms with Crippen molar-refractivity contribution >= 4 is 31.9 Å². The van der Waals surface area contributed by atoms with E-state index in [1.165, 1.54) is 25.7 Å². The molecule has 1 saturated carbocycles. The zero-order chi connectivity index (χ0) is 13.8. The summed E-state index contributed by atoms with van der Waals surface area (Å²) in [6, 6.07) is 2.41. The summed E-state index contributed by atoms with van der Waals surface area (Å²) in [6.45, 7) is 3.89. The Hall–Kier alpha value is -0.130. The van der Waals surface area contributed by atoms with E-state index in [2.05, 4.69) is 44.1 Å². The molecule has 0 amide bonds. The molecule has 0 aromatic carbocycles. The molecule has 0 atom stereocenters. The molecule has 0 bridgehead atoms. The molecule has 1 aliphatic rings. The Morgan fingerprint density at radius 3 is 2.68 bits per heavy atom. The Bertz CT molecular complexity index is 479. The van der Waals surface area contributed by atoms with E-state index in [0.717, 1.165) is 16.9 Å². The highest BCUT2D eigenvalue weighted by atomic mass is 79.9. The van der Waals surface area contributed by atoms with Crippen molar-refractivity contribution in [1.82, 2.24) is 9.88 Å². The van der Waals surface area contributed by atoms with Gasteiger partial charge in [0, 0.05) is 29.8 Å². The van der Waals surface area contributed by atoms with Gasteiger partial charge in [-0.2, -0.15) is 0 Å². The van der Waals surface area contributed by atoms with Crippen molar-refractivity contribution in [2.75, 3.05) is 6.54 Å². The summed E-state index contributed by atoms with van der Waals surface area (Å²) < 4.78 is 3.27. The standard InChI is InChI=1S/C14H20Br2N2O/c1-10-2-4-12(5-3-10)17-6-7-18-9-11(15)8-13(16)14(18)19/h8-10,12,17H,2-7H2,1H3. The van der Waals surface area contributed by atoms with Gasteiger partial charge in [0.25, 0.3) is 5.56 Å². The highest BCUT2D eigenvalue weighted by Gasteiger charge is 2.17. The monoisotopic (exact) mass is 390 g/mol. The van der Waals surface area contributed by atoms with Crippen molar-refractivity contribution in [1.29, 1.82) is 0 Å². The molecular formula is C14H20Br2N2O. The van der Waals surface area contributed by atoms with Crippen LogP contribution in [0.1, 0.15) is 32.6 Å². The second-order valence-corrected chi connectivity index (χ2v) is 7.19. The number of hydrogen-bond acceptors (Lipinski definition) is 2. The van der Waals surface area contributed by atoms with Crippen LogP contribution in [0, 0.1) is 5.92 Å². The van der Waals surface area contributed by atoms with Gasteiger partial charge in [0.2, 0.25) is 0 Å². The zero-order valence-corrected chi connectivity index (χ0v) is 14.3. The van der Waals surface area contributed by atoms with Crippen LogP contribution < -0.4 is 10.9 Å². The van der Waals surface area contributed by atoms with E-state index in [1.807, 2.05) is 6.20 Å². The van der Waals surface area contributed by atoms with Gasteiger partial charge in [0.15, 0.2) is 0 Å². The lowest BCUT2D eigenvalue weighted by Crippen LogP contribution is -2.36. The smallest absolute Gasteiger partial charge is 0.264 e. The minimum Gasteiger partial charge on any atom is -0.312 e. The summed E-state index contributed by atoms with van der Waals surface area (Å²) >= 11 is 6.70. The van der Waals surface area contributed by atoms with Crippen LogP contribution in [0.15, 0.2) is 26.0 Å². The van der Waals surface area contributed by atoms with Crippen LogP contribution in [0.5, 0.6) is 0 Å². The first kappa shape index (κ1) is 15.3. The van der Waals surface area contributed by atoms with Gasteiger partial charge in [-0.1, -0.05) is 6.92 Å². The molecule has 0 radical (unpaired) electrons. The van der Waals surface area contributed by atoms with Gasteiger partial charge in [0.1, 0.15) is 0 Å². The molecule has 3 nitrogen and oxygen atoms in total. The van der Waals surface area contributed by atoms with E-state index in [-0.39, 0.29) is 5.56 Å². The van der Waals surface area contributed by atoms with E-state index in [4.69, 9.17) is 0 Å². The van der Waals surface area contributed by atoms with E-state index in [9.17, 15) is 4.79 Å². The first-order valence-corrected chi connectivity index (χ1v) is 8.43. The molecule has 1 aromatic heterocycles. The lowest BCUT2D eigenvalue weighted by atomic mass is 9.87. The summed E-state index contributed by atoms with van der Waals surface area (Å²) in [6.07, 6.45) is 7.01. The van der Waals surface area contributed by atoms with Crippen molar-refractivity contribution in [3.8, 4) is 0 Å². The second kappa shape index (κ2) is 7.04. The minimum absolute atomic E-state index is 0.0299. The van der Waals surface area contributed by atoms with Crippen molar-refractivity contribution in [2.45, 2.75) is 45.2 Å². The van der Waals surface area contributed by atoms with Gasteiger partial charge in [-0.25, -0.2) is 0 Å². The SMILES string of the molecule is CC1CCC(NCCn2cc(Br)cc(Br)c2=O)CC1. The maximum atomic E-state index is 11.9. The number of halogens is 2. The fourth-order valence-electron chi connectivity index (χ4n) is 2.58. The normalized spacial score (nSPS) is 23.5. The molecular weight excluding hydrogens is 372 g/mol. The van der Waals surface area contributed by atoms with E-state index in [0.29, 0.717) is 17.1 Å². The van der Waals surface area contributed by atoms with Crippen LogP contribution >= 0.6 is 31.9 Å². The molecule has 1 aromatic rings. The van der Waals surface area contributed by atoms with E-state index in [1.54, 1.807) is 10.6 Å². The zero-order valence-electron chi connectivity index (χ0n) is 11.2. The Kier molecular flexibility index (Phi) is 5.66. The first-order chi connectivity index (χ1) is 9.06. The van der Waals surface area contributed by atoms with E-state index < -0.39 is 0 Å². The maximum Gasteiger partial charge on any atom is 0.264 e. The number of pyridine rings is 1. The molecule has 19 heavy (non-hydrogen) atoms. The third kappa shape index (κ3) is 4.43. The predicted octanol–water partition coefficient (Wildman–Crippen LogP) is 3.54. The maximum absolute atomic E-state index is 11.9. The average Bonchev–Trinajstić information content (AvgIpc) is 2.37. The van der Waals surface area contributed by atoms with Crippen LogP contribution in [0.3, 0.4) is 0 Å². The molecule has 2 rings (SSSR count). The highest BCUT2D eigenvalue weighted by molar-refractivity contribution is 9.11. The molecule has 0 saturated heterocycles. The quantitative estimate of drug-likeness (QED) is 0.851. The van der Waals surface area contributed by atoms with Gasteiger partial charge >= 0.3 is 0 Å². The average molecular weight is 392 g/mol. The highest BCUT2D eigenvalue weighted by Crippen LogP contribution is 2.23. The fraction of sp³-hybridized carbons (Fsp3) is 0.643. The van der Waals surface area contributed by atoms with Crippen LogP contribution in [0.25, 0.3) is 0 Å². The largest absolute Gasteiger partial charge is 0.312 e. The summed E-state index contributed by atoms with van der Waals surface area (Å²) in [5.41, 5.74) is 0.0299.